The van der Waals surface area contributed by atoms with Crippen LogP contribution in [0.15, 0.2) is 72.8 Å². The maximum atomic E-state index is 11.5. The predicted octanol–water partition coefficient (Wildman–Crippen LogP) is 5.70. The average molecular weight is 785 g/mol. The van der Waals surface area contributed by atoms with Gasteiger partial charge in [-0.1, -0.05) is 43.3 Å². The minimum atomic E-state index is -0.912. The van der Waals surface area contributed by atoms with E-state index in [0.717, 1.165) is 30.6 Å². The number of phenolic OH excluding ortho intramolecular Hbond substituents is 2. The summed E-state index contributed by atoms with van der Waals surface area (Å²) in [6.07, 6.45) is 0.791. The third-order valence-electron chi connectivity index (χ3n) is 9.67. The molecule has 4 aromatic rings. The highest BCUT2D eigenvalue weighted by Gasteiger charge is 2.28. The summed E-state index contributed by atoms with van der Waals surface area (Å²) in [5, 5.41) is 53.4. The number of phenols is 2. The summed E-state index contributed by atoms with van der Waals surface area (Å²) < 4.78 is 16.4. The number of anilines is 2. The van der Waals surface area contributed by atoms with Gasteiger partial charge in [0.2, 0.25) is 0 Å². The lowest BCUT2D eigenvalue weighted by Gasteiger charge is -2.29. The molecule has 0 saturated heterocycles. The second-order valence-corrected chi connectivity index (χ2v) is 15.7. The predicted molar refractivity (Wildman–Crippen MR) is 219 cm³/mol. The summed E-state index contributed by atoms with van der Waals surface area (Å²) in [4.78, 5) is 23.0. The van der Waals surface area contributed by atoms with Crippen LogP contribution in [0.25, 0.3) is 0 Å². The van der Waals surface area contributed by atoms with E-state index in [1.54, 1.807) is 0 Å². The number of amides is 2. The van der Waals surface area contributed by atoms with Crippen molar-refractivity contribution >= 4 is 23.2 Å². The summed E-state index contributed by atoms with van der Waals surface area (Å²) in [7, 11) is 0. The molecule has 2 aliphatic rings. The summed E-state index contributed by atoms with van der Waals surface area (Å²) in [5.74, 6) is 0.982. The Bertz CT molecular complexity index is 2000. The van der Waals surface area contributed by atoms with Crippen LogP contribution in [0.3, 0.4) is 0 Å². The van der Waals surface area contributed by atoms with Crippen LogP contribution in [0.5, 0.6) is 28.7 Å². The van der Waals surface area contributed by atoms with Crippen LogP contribution in [0.4, 0.5) is 11.4 Å². The number of aryl methyl sites for hydroxylation is 1. The van der Waals surface area contributed by atoms with Crippen molar-refractivity contribution in [2.45, 2.75) is 84.1 Å². The fraction of sp³-hybridized carbons (Fsp3) is 0.409. The minimum Gasteiger partial charge on any atom is -0.508 e. The number of aliphatic hydroxyl groups is 2. The number of ether oxygens (including phenoxy) is 3. The molecule has 0 bridgehead atoms. The zero-order valence-electron chi connectivity index (χ0n) is 33.6. The number of aromatic hydroxyl groups is 2. The summed E-state index contributed by atoms with van der Waals surface area (Å²) in [6, 6.07) is 22.3. The van der Waals surface area contributed by atoms with Crippen LogP contribution in [0.2, 0.25) is 0 Å². The molecule has 2 unspecified atom stereocenters. The lowest BCUT2D eigenvalue weighted by molar-refractivity contribution is -0.119. The molecule has 13 nitrogen and oxygen atoms in total. The standard InChI is InChI=1S/C22H28N2O5.C22H28N2O4/c1-4-28-16-7-5-14(6-8-16)11-22(2,3)23-12-19(26)17-9-15(25)10-18-21(17)29-13-20(27)24-18;1-4-14-5-7-15(8-6-14)11-22(2,3)23-12-19(26)17-9-16(25)10-18-21(17)28-13-20(27)24-18/h5-10,19,23,25-26H,4,11-13H2,1-3H3,(H,24,27);5-10,19,23,25-26H,4,11-13H2,1-3H3,(H,24,27). The van der Waals surface area contributed by atoms with Gasteiger partial charge in [0.15, 0.2) is 13.2 Å². The van der Waals surface area contributed by atoms with Crippen molar-refractivity contribution in [1.29, 1.82) is 0 Å². The highest BCUT2D eigenvalue weighted by Crippen LogP contribution is 2.40. The number of benzene rings is 4. The van der Waals surface area contributed by atoms with Gasteiger partial charge in [-0.05, 0) is 94.8 Å². The summed E-state index contributed by atoms with van der Waals surface area (Å²) in [6.45, 7) is 13.3. The van der Waals surface area contributed by atoms with E-state index in [9.17, 15) is 30.0 Å². The quantitative estimate of drug-likeness (QED) is 0.0739. The fourth-order valence-corrected chi connectivity index (χ4v) is 6.80. The molecule has 2 amide bonds. The van der Waals surface area contributed by atoms with Gasteiger partial charge in [0.25, 0.3) is 11.8 Å². The molecule has 0 spiro atoms. The topological polar surface area (TPSA) is 191 Å². The van der Waals surface area contributed by atoms with Crippen LogP contribution < -0.4 is 35.5 Å². The molecule has 306 valence electrons. The monoisotopic (exact) mass is 784 g/mol. The molecule has 13 heteroatoms. The van der Waals surface area contributed by atoms with Gasteiger partial charge in [0, 0.05) is 47.4 Å². The van der Waals surface area contributed by atoms with Crippen molar-refractivity contribution in [2.75, 3.05) is 43.5 Å². The lowest BCUT2D eigenvalue weighted by atomic mass is 9.93. The second-order valence-electron chi connectivity index (χ2n) is 15.7. The van der Waals surface area contributed by atoms with E-state index in [1.807, 2.05) is 31.2 Å². The van der Waals surface area contributed by atoms with Crippen LogP contribution in [-0.4, -0.2) is 76.2 Å². The number of fused-ring (bicyclic) bond motifs is 2. The van der Waals surface area contributed by atoms with Gasteiger partial charge in [-0.3, -0.25) is 9.59 Å². The first kappa shape index (κ1) is 42.8. The smallest absolute Gasteiger partial charge is 0.262 e. The molecule has 0 aromatic heterocycles. The second kappa shape index (κ2) is 18.7. The van der Waals surface area contributed by atoms with E-state index >= 15 is 0 Å². The van der Waals surface area contributed by atoms with E-state index in [2.05, 4.69) is 80.2 Å². The molecule has 0 fully saturated rings. The average Bonchev–Trinajstić information content (AvgIpc) is 3.16. The maximum Gasteiger partial charge on any atom is 0.262 e. The van der Waals surface area contributed by atoms with Gasteiger partial charge >= 0.3 is 0 Å². The van der Waals surface area contributed by atoms with Gasteiger partial charge in [0.05, 0.1) is 30.2 Å². The normalized spacial score (nSPS) is 14.7. The van der Waals surface area contributed by atoms with Crippen molar-refractivity contribution in [3.05, 3.63) is 101 Å². The zero-order chi connectivity index (χ0) is 41.3. The van der Waals surface area contributed by atoms with Crippen molar-refractivity contribution in [3.63, 3.8) is 0 Å². The number of aliphatic hydroxyl groups excluding tert-OH is 2. The third kappa shape index (κ3) is 12.1. The third-order valence-corrected chi connectivity index (χ3v) is 9.67. The Balaban J connectivity index is 0.000000218. The van der Waals surface area contributed by atoms with Crippen LogP contribution in [0, 0.1) is 0 Å². The van der Waals surface area contributed by atoms with Gasteiger partial charge < -0.3 is 55.9 Å². The maximum absolute atomic E-state index is 11.5. The Morgan fingerprint density at radius 1 is 0.667 bits per heavy atom. The van der Waals surface area contributed by atoms with E-state index < -0.39 is 12.2 Å². The summed E-state index contributed by atoms with van der Waals surface area (Å²) >= 11 is 0. The molecule has 6 rings (SSSR count). The van der Waals surface area contributed by atoms with E-state index in [-0.39, 0.29) is 60.7 Å². The number of β-amino-alcohol motifs (C(OH)–C–C–N with tert-alkyl or cyclic N) is 2. The Kier molecular flexibility index (Phi) is 14.1. The number of hydrogen-bond acceptors (Lipinski definition) is 11. The Morgan fingerprint density at radius 3 is 1.47 bits per heavy atom. The SMILES string of the molecule is CCOc1ccc(CC(C)(C)NCC(O)c2cc(O)cc3c2OCC(=O)N3)cc1.CCc1ccc(CC(C)(C)NCC(O)c2cc(O)cc3c2OCC(=O)N3)cc1. The van der Waals surface area contributed by atoms with Gasteiger partial charge in [-0.2, -0.15) is 0 Å². The zero-order valence-corrected chi connectivity index (χ0v) is 33.6. The van der Waals surface area contributed by atoms with Crippen molar-refractivity contribution in [2.24, 2.45) is 0 Å². The van der Waals surface area contributed by atoms with Crippen molar-refractivity contribution in [3.8, 4) is 28.7 Å². The Labute approximate surface area is 334 Å². The van der Waals surface area contributed by atoms with E-state index in [1.165, 1.54) is 35.4 Å². The molecule has 0 saturated carbocycles. The molecule has 4 aromatic carbocycles. The lowest BCUT2D eigenvalue weighted by Crippen LogP contribution is -2.43. The highest BCUT2D eigenvalue weighted by atomic mass is 16.5. The molecule has 0 aliphatic carbocycles. The first-order valence-corrected chi connectivity index (χ1v) is 19.3. The van der Waals surface area contributed by atoms with E-state index in [4.69, 9.17) is 14.2 Å². The van der Waals surface area contributed by atoms with Gasteiger partial charge in [-0.15, -0.1) is 0 Å². The molecule has 0 radical (unpaired) electrons. The van der Waals surface area contributed by atoms with Crippen LogP contribution >= 0.6 is 0 Å². The number of nitrogens with one attached hydrogen (secondary N) is 4. The molecule has 2 heterocycles. The fourth-order valence-electron chi connectivity index (χ4n) is 6.80. The Hall–Kier alpha value is -5.34. The number of carbonyl (C=O) groups excluding carboxylic acids is 2. The molecule has 2 atom stereocenters. The summed E-state index contributed by atoms with van der Waals surface area (Å²) in [5.41, 5.74) is 4.80. The van der Waals surface area contributed by atoms with Crippen molar-refractivity contribution < 1.29 is 44.2 Å². The molecule has 57 heavy (non-hydrogen) atoms. The van der Waals surface area contributed by atoms with Gasteiger partial charge in [0.1, 0.15) is 28.7 Å². The number of rotatable bonds is 15. The van der Waals surface area contributed by atoms with Crippen LogP contribution in [-0.2, 0) is 28.9 Å². The first-order valence-electron chi connectivity index (χ1n) is 19.3. The van der Waals surface area contributed by atoms with Gasteiger partial charge in [-0.25, -0.2) is 0 Å². The highest BCUT2D eigenvalue weighted by molar-refractivity contribution is 5.96. The molecule has 8 N–H and O–H groups in total. The van der Waals surface area contributed by atoms with Crippen LogP contribution in [0.1, 0.15) is 81.6 Å². The molecule has 2 aliphatic heterocycles. The molecular formula is C44H56N4O9. The number of hydrogen-bond donors (Lipinski definition) is 8. The first-order chi connectivity index (χ1) is 27.0. The molecular weight excluding hydrogens is 729 g/mol. The number of carbonyl (C=O) groups is 2. The van der Waals surface area contributed by atoms with E-state index in [0.29, 0.717) is 40.6 Å². The minimum absolute atomic E-state index is 0.0334. The van der Waals surface area contributed by atoms with Crippen molar-refractivity contribution in [1.82, 2.24) is 10.6 Å². The largest absolute Gasteiger partial charge is 0.508 e. The Morgan fingerprint density at radius 2 is 1.07 bits per heavy atom.